The Morgan fingerprint density at radius 3 is 1.96 bits per heavy atom. The molecule has 0 bridgehead atoms. The Hall–Kier alpha value is -1.18. The average molecular weight is 332 g/mol. The van der Waals surface area contributed by atoms with Crippen LogP contribution in [0.15, 0.2) is 0 Å². The van der Waals surface area contributed by atoms with Gasteiger partial charge in [-0.2, -0.15) is 0 Å². The summed E-state index contributed by atoms with van der Waals surface area (Å²) in [6.45, 7) is 12.3. The highest BCUT2D eigenvalue weighted by Crippen LogP contribution is 2.22. The lowest BCUT2D eigenvalue weighted by Gasteiger charge is -2.42. The number of nitrogens with zero attached hydrogens (tertiary/aromatic N) is 1. The van der Waals surface area contributed by atoms with Crippen LogP contribution in [0.1, 0.15) is 48.5 Å². The Morgan fingerprint density at radius 1 is 1.17 bits per heavy atom. The average Bonchev–Trinajstić information content (AvgIpc) is 2.38. The minimum Gasteiger partial charge on any atom is -0.467 e. The van der Waals surface area contributed by atoms with E-state index in [0.717, 1.165) is 0 Å². The van der Waals surface area contributed by atoms with Gasteiger partial charge in [-0.05, 0) is 48.5 Å². The van der Waals surface area contributed by atoms with Gasteiger partial charge < -0.3 is 25.2 Å². The molecule has 136 valence electrons. The van der Waals surface area contributed by atoms with Gasteiger partial charge >= 0.3 is 5.97 Å². The number of aliphatic hydroxyl groups is 1. The lowest BCUT2D eigenvalue weighted by molar-refractivity contribution is -0.165. The third-order valence-electron chi connectivity index (χ3n) is 3.22. The van der Waals surface area contributed by atoms with Crippen LogP contribution in [0.25, 0.3) is 0 Å². The third-order valence-corrected chi connectivity index (χ3v) is 3.22. The van der Waals surface area contributed by atoms with E-state index in [-0.39, 0.29) is 6.61 Å². The molecule has 1 amide bonds. The standard InChI is InChI=1S/C16H32N2O5/c1-10(19)12(17)13(20)18(15(2,3)4)11(14(21)22-8)9-23-16(5,6)7/h10-12,19H,9,17H2,1-8H3/t10-,11+,12+/m1/s1. The molecule has 7 nitrogen and oxygen atoms in total. The molecule has 0 aliphatic heterocycles. The number of methoxy groups -OCH3 is 1. The number of carbonyl (C=O) groups excluding carboxylic acids is 2. The summed E-state index contributed by atoms with van der Waals surface area (Å²) in [6, 6.07) is -2.08. The van der Waals surface area contributed by atoms with E-state index in [1.807, 2.05) is 20.8 Å². The van der Waals surface area contributed by atoms with Crippen LogP contribution in [0, 0.1) is 0 Å². The van der Waals surface area contributed by atoms with Crippen molar-refractivity contribution in [2.75, 3.05) is 13.7 Å². The molecule has 0 radical (unpaired) electrons. The maximum Gasteiger partial charge on any atom is 0.331 e. The molecular weight excluding hydrogens is 300 g/mol. The number of hydrogen-bond acceptors (Lipinski definition) is 6. The van der Waals surface area contributed by atoms with Gasteiger partial charge in [-0.25, -0.2) is 4.79 Å². The van der Waals surface area contributed by atoms with E-state index < -0.39 is 41.2 Å². The lowest BCUT2D eigenvalue weighted by Crippen LogP contribution is -2.62. The van der Waals surface area contributed by atoms with E-state index in [4.69, 9.17) is 15.2 Å². The molecule has 0 aromatic heterocycles. The van der Waals surface area contributed by atoms with Crippen molar-refractivity contribution in [1.29, 1.82) is 0 Å². The van der Waals surface area contributed by atoms with Crippen molar-refractivity contribution < 1.29 is 24.2 Å². The summed E-state index contributed by atoms with van der Waals surface area (Å²) in [7, 11) is 1.26. The molecule has 0 unspecified atom stereocenters. The molecule has 0 saturated heterocycles. The quantitative estimate of drug-likeness (QED) is 0.694. The van der Waals surface area contributed by atoms with Gasteiger partial charge in [-0.15, -0.1) is 0 Å². The molecule has 7 heteroatoms. The summed E-state index contributed by atoms with van der Waals surface area (Å²) < 4.78 is 10.5. The van der Waals surface area contributed by atoms with Crippen molar-refractivity contribution in [1.82, 2.24) is 4.90 Å². The van der Waals surface area contributed by atoms with E-state index in [9.17, 15) is 14.7 Å². The Bertz CT molecular complexity index is 410. The second-order valence-electron chi connectivity index (χ2n) is 7.61. The van der Waals surface area contributed by atoms with Crippen LogP contribution in [-0.4, -0.2) is 64.9 Å². The van der Waals surface area contributed by atoms with Crippen LogP contribution in [0.3, 0.4) is 0 Å². The van der Waals surface area contributed by atoms with Crippen LogP contribution in [0.5, 0.6) is 0 Å². The molecule has 0 rings (SSSR count). The first kappa shape index (κ1) is 21.8. The van der Waals surface area contributed by atoms with Gasteiger partial charge in [0.25, 0.3) is 0 Å². The van der Waals surface area contributed by atoms with Crippen molar-refractivity contribution in [3.63, 3.8) is 0 Å². The molecular formula is C16H32N2O5. The molecule has 0 aromatic rings. The molecule has 0 spiro atoms. The maximum atomic E-state index is 12.7. The van der Waals surface area contributed by atoms with Crippen LogP contribution in [0.4, 0.5) is 0 Å². The van der Waals surface area contributed by atoms with Crippen molar-refractivity contribution in [3.8, 4) is 0 Å². The first-order valence-electron chi connectivity index (χ1n) is 7.71. The molecule has 0 aromatic carbocycles. The van der Waals surface area contributed by atoms with Gasteiger partial charge in [0, 0.05) is 5.54 Å². The van der Waals surface area contributed by atoms with Gasteiger partial charge in [0.15, 0.2) is 6.04 Å². The van der Waals surface area contributed by atoms with Gasteiger partial charge in [0.05, 0.1) is 25.4 Å². The van der Waals surface area contributed by atoms with Crippen LogP contribution >= 0.6 is 0 Å². The smallest absolute Gasteiger partial charge is 0.331 e. The van der Waals surface area contributed by atoms with Gasteiger partial charge in [0.1, 0.15) is 6.04 Å². The Morgan fingerprint density at radius 2 is 1.65 bits per heavy atom. The Labute approximate surface area is 139 Å². The summed E-state index contributed by atoms with van der Waals surface area (Å²) in [5.41, 5.74) is 4.60. The molecule has 0 fully saturated rings. The number of ether oxygens (including phenoxy) is 2. The van der Waals surface area contributed by atoms with E-state index in [1.54, 1.807) is 20.8 Å². The SMILES string of the molecule is COC(=O)[C@H](COC(C)(C)C)N(C(=O)[C@@H](N)[C@@H](C)O)C(C)(C)C. The maximum absolute atomic E-state index is 12.7. The normalized spacial score (nSPS) is 16.4. The summed E-state index contributed by atoms with van der Waals surface area (Å²) in [6.07, 6.45) is -1.03. The van der Waals surface area contributed by atoms with E-state index in [0.29, 0.717) is 0 Å². The minimum absolute atomic E-state index is 0.0221. The molecule has 0 heterocycles. The van der Waals surface area contributed by atoms with Crippen LogP contribution < -0.4 is 5.73 Å². The zero-order chi connectivity index (χ0) is 18.6. The van der Waals surface area contributed by atoms with Gasteiger partial charge in [-0.3, -0.25) is 4.79 Å². The summed E-state index contributed by atoms with van der Waals surface area (Å²) in [5.74, 6) is -1.12. The minimum atomic E-state index is -1.13. The summed E-state index contributed by atoms with van der Waals surface area (Å²) in [5, 5.41) is 9.62. The lowest BCUT2D eigenvalue weighted by atomic mass is 9.99. The number of nitrogens with two attached hydrogens (primary N) is 1. The first-order chi connectivity index (χ1) is 10.2. The second kappa shape index (κ2) is 8.08. The fourth-order valence-electron chi connectivity index (χ4n) is 2.03. The molecule has 0 saturated carbocycles. The number of carbonyl (C=O) groups is 2. The topological polar surface area (TPSA) is 102 Å². The first-order valence-corrected chi connectivity index (χ1v) is 7.71. The highest BCUT2D eigenvalue weighted by atomic mass is 16.5. The largest absolute Gasteiger partial charge is 0.467 e. The zero-order valence-electron chi connectivity index (χ0n) is 15.5. The van der Waals surface area contributed by atoms with Crippen molar-refractivity contribution in [2.24, 2.45) is 5.73 Å². The van der Waals surface area contributed by atoms with E-state index >= 15 is 0 Å². The monoisotopic (exact) mass is 332 g/mol. The fourth-order valence-corrected chi connectivity index (χ4v) is 2.03. The van der Waals surface area contributed by atoms with Gasteiger partial charge in [-0.1, -0.05) is 0 Å². The summed E-state index contributed by atoms with van der Waals surface area (Å²) in [4.78, 5) is 26.2. The van der Waals surface area contributed by atoms with Crippen molar-refractivity contribution in [3.05, 3.63) is 0 Å². The second-order valence-corrected chi connectivity index (χ2v) is 7.61. The molecule has 0 aliphatic rings. The highest BCUT2D eigenvalue weighted by Gasteiger charge is 2.41. The highest BCUT2D eigenvalue weighted by molar-refractivity contribution is 5.88. The summed E-state index contributed by atoms with van der Waals surface area (Å²) >= 11 is 0. The van der Waals surface area contributed by atoms with Crippen molar-refractivity contribution >= 4 is 11.9 Å². The van der Waals surface area contributed by atoms with Gasteiger partial charge in [0.2, 0.25) is 5.91 Å². The predicted octanol–water partition coefficient (Wildman–Crippen LogP) is 0.678. The van der Waals surface area contributed by atoms with E-state index in [1.165, 1.54) is 18.9 Å². The van der Waals surface area contributed by atoms with Crippen LogP contribution in [0.2, 0.25) is 0 Å². The Kier molecular flexibility index (Phi) is 7.66. The Balaban J connectivity index is 5.66. The number of amides is 1. The fraction of sp³-hybridized carbons (Fsp3) is 0.875. The van der Waals surface area contributed by atoms with Crippen molar-refractivity contribution in [2.45, 2.75) is 77.8 Å². The number of hydrogen-bond donors (Lipinski definition) is 2. The molecule has 23 heavy (non-hydrogen) atoms. The predicted molar refractivity (Wildman–Crippen MR) is 87.8 cm³/mol. The number of aliphatic hydroxyl groups excluding tert-OH is 1. The van der Waals surface area contributed by atoms with E-state index in [2.05, 4.69) is 0 Å². The number of esters is 1. The van der Waals surface area contributed by atoms with Crippen LogP contribution in [-0.2, 0) is 19.1 Å². The number of rotatable bonds is 6. The zero-order valence-corrected chi connectivity index (χ0v) is 15.5. The third kappa shape index (κ3) is 6.85. The molecule has 0 aliphatic carbocycles. The molecule has 3 atom stereocenters. The molecule has 3 N–H and O–H groups in total.